The van der Waals surface area contributed by atoms with Crippen LogP contribution in [0.2, 0.25) is 5.02 Å². The number of carbonyl (C=O) groups is 3. The molecule has 2 heterocycles. The van der Waals surface area contributed by atoms with E-state index in [0.717, 1.165) is 45.9 Å². The van der Waals surface area contributed by atoms with Gasteiger partial charge in [-0.2, -0.15) is 0 Å². The summed E-state index contributed by atoms with van der Waals surface area (Å²) in [7, 11) is 0. The number of fused-ring (bicyclic) bond motifs is 1. The van der Waals surface area contributed by atoms with Crippen molar-refractivity contribution in [2.24, 2.45) is 0 Å². The quantitative estimate of drug-likeness (QED) is 0.123. The Bertz CT molecular complexity index is 2090. The Hall–Kier alpha value is -5.64. The van der Waals surface area contributed by atoms with Crippen molar-refractivity contribution in [2.45, 2.75) is 37.8 Å². The molecule has 9 nitrogen and oxygen atoms in total. The van der Waals surface area contributed by atoms with Gasteiger partial charge >= 0.3 is 0 Å². The number of hydrogen-bond acceptors (Lipinski definition) is 6. The van der Waals surface area contributed by atoms with Gasteiger partial charge in [-0.3, -0.25) is 14.4 Å². The second-order valence-electron chi connectivity index (χ2n) is 14.0. The molecule has 1 saturated heterocycles. The molecule has 0 bridgehead atoms. The number of benzene rings is 5. The number of rotatable bonds is 13. The average Bonchev–Trinajstić information content (AvgIpc) is 3.23. The molecule has 7 rings (SSSR count). The fourth-order valence-electron chi connectivity index (χ4n) is 7.35. The van der Waals surface area contributed by atoms with E-state index >= 15 is 0 Å². The van der Waals surface area contributed by atoms with Gasteiger partial charge in [0.15, 0.2) is 0 Å². The largest absolute Gasteiger partial charge is 0.457 e. The molecule has 1 unspecified atom stereocenters. The highest BCUT2D eigenvalue weighted by molar-refractivity contribution is 6.30. The number of halogens is 1. The Morgan fingerprint density at radius 1 is 0.764 bits per heavy atom. The van der Waals surface area contributed by atoms with Gasteiger partial charge in [0.2, 0.25) is 11.8 Å². The monoisotopic (exact) mass is 755 g/mol. The molecular formula is C45H46ClN5O4. The average molecular weight is 756 g/mol. The van der Waals surface area contributed by atoms with Crippen molar-refractivity contribution >= 4 is 35.0 Å². The first kappa shape index (κ1) is 37.7. The Balaban J connectivity index is 0.966. The third-order valence-electron chi connectivity index (χ3n) is 10.3. The molecule has 55 heavy (non-hydrogen) atoms. The number of nitrogens with zero attached hydrogens (tertiary/aromatic N) is 2. The summed E-state index contributed by atoms with van der Waals surface area (Å²) in [5.41, 5.74) is 5.63. The lowest BCUT2D eigenvalue weighted by atomic mass is 9.93. The third-order valence-corrected chi connectivity index (χ3v) is 10.5. The maximum atomic E-state index is 14.2. The summed E-state index contributed by atoms with van der Waals surface area (Å²) < 4.78 is 5.98. The SMILES string of the molecule is O=C(NCCc1cccc(Oc2ccccc2)c1)c1ccccc1N1CCN(C(=O)[C@@H](CCc2ccc(Cl)cc2)NC(=O)C2NCCc3ccccc32)CC1. The van der Waals surface area contributed by atoms with Crippen LogP contribution in [0, 0.1) is 0 Å². The van der Waals surface area contributed by atoms with Crippen LogP contribution in [0.4, 0.5) is 5.69 Å². The zero-order valence-electron chi connectivity index (χ0n) is 30.8. The molecule has 0 spiro atoms. The fraction of sp³-hybridized carbons (Fsp3) is 0.267. The van der Waals surface area contributed by atoms with E-state index in [1.807, 2.05) is 126 Å². The van der Waals surface area contributed by atoms with Gasteiger partial charge in [0.1, 0.15) is 23.6 Å². The standard InChI is InChI=1S/C45H46ClN5O4/c46-35-20-17-32(18-21-35)19-22-40(49-44(53)42-38-14-5-4-10-34(38)24-26-47-42)45(54)51-29-27-50(28-30-51)41-16-7-6-15-39(41)43(52)48-25-23-33-9-8-13-37(31-33)55-36-11-2-1-3-12-36/h1-18,20-21,31,40,42,47H,19,22-30H2,(H,48,52)(H,49,53)/t40-,42?/m1/s1. The van der Waals surface area contributed by atoms with Crippen molar-refractivity contribution in [3.05, 3.63) is 160 Å². The Morgan fingerprint density at radius 3 is 2.31 bits per heavy atom. The smallest absolute Gasteiger partial charge is 0.253 e. The summed E-state index contributed by atoms with van der Waals surface area (Å²) in [5, 5.41) is 10.2. The molecule has 0 radical (unpaired) electrons. The molecule has 2 aliphatic rings. The van der Waals surface area contributed by atoms with E-state index < -0.39 is 12.1 Å². The van der Waals surface area contributed by atoms with Gasteiger partial charge in [-0.1, -0.05) is 90.5 Å². The maximum Gasteiger partial charge on any atom is 0.253 e. The minimum atomic E-state index is -0.700. The van der Waals surface area contributed by atoms with E-state index in [1.165, 1.54) is 0 Å². The van der Waals surface area contributed by atoms with Crippen LogP contribution in [0.5, 0.6) is 11.5 Å². The molecule has 3 amide bonds. The molecule has 0 aromatic heterocycles. The summed E-state index contributed by atoms with van der Waals surface area (Å²) in [6.45, 7) is 3.20. The van der Waals surface area contributed by atoms with E-state index in [2.05, 4.69) is 26.9 Å². The number of nitrogens with one attached hydrogen (secondary N) is 3. The van der Waals surface area contributed by atoms with E-state index in [-0.39, 0.29) is 17.7 Å². The molecular weight excluding hydrogens is 710 g/mol. The van der Waals surface area contributed by atoms with Gasteiger partial charge in [0.25, 0.3) is 5.91 Å². The van der Waals surface area contributed by atoms with Crippen LogP contribution >= 0.6 is 11.6 Å². The zero-order chi connectivity index (χ0) is 38.0. The first-order chi connectivity index (χ1) is 26.9. The van der Waals surface area contributed by atoms with Crippen LogP contribution < -0.4 is 25.6 Å². The van der Waals surface area contributed by atoms with Crippen LogP contribution in [0.1, 0.15) is 45.1 Å². The van der Waals surface area contributed by atoms with Crippen molar-refractivity contribution in [3.8, 4) is 11.5 Å². The molecule has 3 N–H and O–H groups in total. The van der Waals surface area contributed by atoms with Gasteiger partial charge < -0.3 is 30.5 Å². The topological polar surface area (TPSA) is 103 Å². The number of amides is 3. The molecule has 1 fully saturated rings. The number of carbonyl (C=O) groups excluding carboxylic acids is 3. The lowest BCUT2D eigenvalue weighted by molar-refractivity contribution is -0.137. The number of piperazine rings is 1. The van der Waals surface area contributed by atoms with Crippen molar-refractivity contribution in [1.29, 1.82) is 0 Å². The van der Waals surface area contributed by atoms with E-state index in [0.29, 0.717) is 69.1 Å². The van der Waals surface area contributed by atoms with Crippen LogP contribution in [0.15, 0.2) is 127 Å². The summed E-state index contributed by atoms with van der Waals surface area (Å²) >= 11 is 6.12. The van der Waals surface area contributed by atoms with E-state index in [4.69, 9.17) is 16.3 Å². The van der Waals surface area contributed by atoms with Crippen LogP contribution in [0.25, 0.3) is 0 Å². The Labute approximate surface area is 327 Å². The van der Waals surface area contributed by atoms with E-state index in [1.54, 1.807) is 0 Å². The fourth-order valence-corrected chi connectivity index (χ4v) is 7.47. The number of para-hydroxylation sites is 2. The predicted molar refractivity (Wildman–Crippen MR) is 217 cm³/mol. The molecule has 5 aromatic rings. The van der Waals surface area contributed by atoms with Gasteiger partial charge in [-0.15, -0.1) is 0 Å². The first-order valence-corrected chi connectivity index (χ1v) is 19.4. The second-order valence-corrected chi connectivity index (χ2v) is 14.4. The lowest BCUT2D eigenvalue weighted by Gasteiger charge is -2.38. The third kappa shape index (κ3) is 9.73. The highest BCUT2D eigenvalue weighted by Crippen LogP contribution is 2.26. The molecule has 0 saturated carbocycles. The zero-order valence-corrected chi connectivity index (χ0v) is 31.5. The van der Waals surface area contributed by atoms with Crippen LogP contribution in [-0.2, 0) is 28.9 Å². The van der Waals surface area contributed by atoms with Gasteiger partial charge in [0, 0.05) is 50.0 Å². The summed E-state index contributed by atoms with van der Waals surface area (Å²) in [5.74, 6) is 1.08. The Kier molecular flexibility index (Phi) is 12.4. The lowest BCUT2D eigenvalue weighted by Crippen LogP contribution is -2.56. The second kappa shape index (κ2) is 18.1. The minimum Gasteiger partial charge on any atom is -0.457 e. The molecule has 282 valence electrons. The number of aryl methyl sites for hydroxylation is 1. The summed E-state index contributed by atoms with van der Waals surface area (Å²) in [6.07, 6.45) is 2.57. The van der Waals surface area contributed by atoms with Gasteiger partial charge in [-0.25, -0.2) is 0 Å². The predicted octanol–water partition coefficient (Wildman–Crippen LogP) is 6.76. The van der Waals surface area contributed by atoms with Crippen LogP contribution in [0.3, 0.4) is 0 Å². The molecule has 2 aliphatic heterocycles. The summed E-state index contributed by atoms with van der Waals surface area (Å²) in [6, 6.07) is 39.5. The number of hydrogen-bond donors (Lipinski definition) is 3. The molecule has 10 heteroatoms. The van der Waals surface area contributed by atoms with Gasteiger partial charge in [-0.05, 0) is 96.5 Å². The van der Waals surface area contributed by atoms with Crippen molar-refractivity contribution in [3.63, 3.8) is 0 Å². The number of ether oxygens (including phenoxy) is 1. The summed E-state index contributed by atoms with van der Waals surface area (Å²) in [4.78, 5) is 45.5. The van der Waals surface area contributed by atoms with Crippen molar-refractivity contribution < 1.29 is 19.1 Å². The minimum absolute atomic E-state index is 0.102. The molecule has 0 aliphatic carbocycles. The first-order valence-electron chi connectivity index (χ1n) is 19.0. The normalized spacial score (nSPS) is 15.8. The molecule has 2 atom stereocenters. The number of anilines is 1. The highest BCUT2D eigenvalue weighted by atomic mass is 35.5. The van der Waals surface area contributed by atoms with Crippen molar-refractivity contribution in [2.75, 3.05) is 44.2 Å². The highest BCUT2D eigenvalue weighted by Gasteiger charge is 2.33. The van der Waals surface area contributed by atoms with Crippen LogP contribution in [-0.4, -0.2) is 67.9 Å². The van der Waals surface area contributed by atoms with Crippen molar-refractivity contribution in [1.82, 2.24) is 20.9 Å². The van der Waals surface area contributed by atoms with E-state index in [9.17, 15) is 14.4 Å². The van der Waals surface area contributed by atoms with Gasteiger partial charge in [0.05, 0.1) is 5.56 Å². The maximum absolute atomic E-state index is 14.2. The molecule has 5 aromatic carbocycles. The Morgan fingerprint density at radius 2 is 1.49 bits per heavy atom.